The van der Waals surface area contributed by atoms with Crippen molar-refractivity contribution in [3.05, 3.63) is 71.8 Å². The van der Waals surface area contributed by atoms with E-state index in [0.717, 1.165) is 11.1 Å². The number of hydrazine groups is 2. The fourth-order valence-electron chi connectivity index (χ4n) is 2.67. The van der Waals surface area contributed by atoms with Gasteiger partial charge in [-0.1, -0.05) is 71.0 Å². The second kappa shape index (κ2) is 11.8. The number of rotatable bonds is 6. The highest BCUT2D eigenvalue weighted by Crippen LogP contribution is 2.05. The van der Waals surface area contributed by atoms with E-state index in [1.165, 1.54) is 24.2 Å². The Morgan fingerprint density at radius 2 is 1.10 bits per heavy atom. The fraction of sp³-hybridized carbons (Fsp3) is 0.238. The maximum atomic E-state index is 12.4. The zero-order valence-corrected chi connectivity index (χ0v) is 17.9. The second-order valence-corrected chi connectivity index (χ2v) is 6.29. The SMILES string of the molecule is CO/N=C(\c1ccccc1)N(C)NC(=O)CC(=O)NN(C)/C(=N/OC)c1ccccc1. The van der Waals surface area contributed by atoms with Gasteiger partial charge in [-0.15, -0.1) is 0 Å². The number of carbonyl (C=O) groups excluding carboxylic acids is 2. The van der Waals surface area contributed by atoms with E-state index in [1.807, 2.05) is 60.7 Å². The molecule has 2 rings (SSSR count). The first-order valence-electron chi connectivity index (χ1n) is 9.35. The Morgan fingerprint density at radius 3 is 1.42 bits per heavy atom. The van der Waals surface area contributed by atoms with Crippen LogP contribution in [0.3, 0.4) is 0 Å². The number of hydrogen-bond acceptors (Lipinski definition) is 6. The quantitative estimate of drug-likeness (QED) is 0.312. The van der Waals surface area contributed by atoms with Crippen LogP contribution >= 0.6 is 0 Å². The molecule has 10 heteroatoms. The summed E-state index contributed by atoms with van der Waals surface area (Å²) >= 11 is 0. The van der Waals surface area contributed by atoms with E-state index in [1.54, 1.807) is 14.1 Å². The largest absolute Gasteiger partial charge is 0.397 e. The molecule has 2 amide bonds. The lowest BCUT2D eigenvalue weighted by Crippen LogP contribution is -2.48. The van der Waals surface area contributed by atoms with Crippen LogP contribution in [0.15, 0.2) is 71.0 Å². The number of nitrogens with one attached hydrogen (secondary N) is 2. The summed E-state index contributed by atoms with van der Waals surface area (Å²) in [6, 6.07) is 18.4. The first-order chi connectivity index (χ1) is 15.0. The van der Waals surface area contributed by atoms with Gasteiger partial charge in [-0.2, -0.15) is 0 Å². The van der Waals surface area contributed by atoms with Crippen LogP contribution < -0.4 is 10.9 Å². The van der Waals surface area contributed by atoms with Crippen molar-refractivity contribution < 1.29 is 19.3 Å². The fourth-order valence-corrected chi connectivity index (χ4v) is 2.67. The van der Waals surface area contributed by atoms with Gasteiger partial charge in [0.25, 0.3) is 0 Å². The van der Waals surface area contributed by atoms with Crippen LogP contribution in [0.1, 0.15) is 17.5 Å². The molecule has 0 fully saturated rings. The Labute approximate surface area is 181 Å². The van der Waals surface area contributed by atoms with Crippen molar-refractivity contribution in [1.29, 1.82) is 0 Å². The van der Waals surface area contributed by atoms with Crippen molar-refractivity contribution in [2.24, 2.45) is 10.3 Å². The van der Waals surface area contributed by atoms with Crippen molar-refractivity contribution in [2.45, 2.75) is 6.42 Å². The maximum Gasteiger partial charge on any atom is 0.248 e. The van der Waals surface area contributed by atoms with Crippen molar-refractivity contribution in [3.8, 4) is 0 Å². The third kappa shape index (κ3) is 7.03. The molecule has 2 aromatic carbocycles. The van der Waals surface area contributed by atoms with Gasteiger partial charge < -0.3 is 9.68 Å². The summed E-state index contributed by atoms with van der Waals surface area (Å²) < 4.78 is 0. The van der Waals surface area contributed by atoms with Gasteiger partial charge in [-0.25, -0.2) is 0 Å². The molecule has 0 aromatic heterocycles. The van der Waals surface area contributed by atoms with Crippen LogP contribution in [0.5, 0.6) is 0 Å². The molecule has 10 nitrogen and oxygen atoms in total. The standard InChI is InChI=1S/C21H26N6O4/c1-26(20(24-30-3)16-11-7-5-8-12-16)22-18(28)15-19(29)23-27(2)21(25-31-4)17-13-9-6-10-14-17/h5-14H,15H2,1-4H3,(H,22,28)(H,23,29)/b24-20+,25-21+. The summed E-state index contributed by atoms with van der Waals surface area (Å²) in [5.74, 6) is -0.295. The lowest BCUT2D eigenvalue weighted by Gasteiger charge is -2.23. The summed E-state index contributed by atoms with van der Waals surface area (Å²) in [6.07, 6.45) is -0.418. The summed E-state index contributed by atoms with van der Waals surface area (Å²) in [7, 11) is 6.03. The number of benzene rings is 2. The smallest absolute Gasteiger partial charge is 0.248 e. The van der Waals surface area contributed by atoms with E-state index in [0.29, 0.717) is 11.7 Å². The van der Waals surface area contributed by atoms with Crippen LogP contribution in [0.4, 0.5) is 0 Å². The molecule has 0 atom stereocenters. The highest BCUT2D eigenvalue weighted by molar-refractivity contribution is 6.03. The Morgan fingerprint density at radius 1 is 0.742 bits per heavy atom. The summed E-state index contributed by atoms with van der Waals surface area (Å²) in [5.41, 5.74) is 6.68. The molecule has 0 bridgehead atoms. The molecule has 0 saturated carbocycles. The molecule has 0 aliphatic rings. The molecule has 2 aromatic rings. The summed E-state index contributed by atoms with van der Waals surface area (Å²) in [5, 5.41) is 10.7. The highest BCUT2D eigenvalue weighted by Gasteiger charge is 2.18. The first-order valence-corrected chi connectivity index (χ1v) is 9.35. The second-order valence-electron chi connectivity index (χ2n) is 6.29. The van der Waals surface area contributed by atoms with Gasteiger partial charge in [0.05, 0.1) is 0 Å². The maximum absolute atomic E-state index is 12.4. The monoisotopic (exact) mass is 426 g/mol. The molecule has 0 aliphatic carbocycles. The van der Waals surface area contributed by atoms with Gasteiger partial charge in [0.2, 0.25) is 11.8 Å². The minimum Gasteiger partial charge on any atom is -0.397 e. The van der Waals surface area contributed by atoms with Gasteiger partial charge in [0.1, 0.15) is 20.6 Å². The van der Waals surface area contributed by atoms with Gasteiger partial charge in [0, 0.05) is 25.2 Å². The zero-order chi connectivity index (χ0) is 22.6. The van der Waals surface area contributed by atoms with Crippen molar-refractivity contribution in [1.82, 2.24) is 20.9 Å². The van der Waals surface area contributed by atoms with Crippen molar-refractivity contribution >= 4 is 23.5 Å². The van der Waals surface area contributed by atoms with Gasteiger partial charge >= 0.3 is 0 Å². The lowest BCUT2D eigenvalue weighted by atomic mass is 10.2. The zero-order valence-electron chi connectivity index (χ0n) is 17.9. The molecular formula is C21H26N6O4. The van der Waals surface area contributed by atoms with E-state index in [-0.39, 0.29) is 0 Å². The lowest BCUT2D eigenvalue weighted by molar-refractivity contribution is -0.132. The molecule has 0 saturated heterocycles. The predicted molar refractivity (Wildman–Crippen MR) is 116 cm³/mol. The molecule has 0 unspecified atom stereocenters. The molecule has 0 aliphatic heterocycles. The Kier molecular flexibility index (Phi) is 8.84. The van der Waals surface area contributed by atoms with E-state index in [9.17, 15) is 9.59 Å². The molecule has 31 heavy (non-hydrogen) atoms. The Bertz CT molecular complexity index is 842. The third-order valence-electron chi connectivity index (χ3n) is 3.96. The van der Waals surface area contributed by atoms with E-state index in [4.69, 9.17) is 9.68 Å². The third-order valence-corrected chi connectivity index (χ3v) is 3.96. The normalized spacial score (nSPS) is 11.4. The Balaban J connectivity index is 1.97. The van der Waals surface area contributed by atoms with Crippen LogP contribution in [0.2, 0.25) is 0 Å². The minimum absolute atomic E-state index is 0.382. The molecule has 164 valence electrons. The number of hydrogen-bond donors (Lipinski definition) is 2. The van der Waals surface area contributed by atoms with Crippen LogP contribution in [-0.4, -0.2) is 61.8 Å². The van der Waals surface area contributed by atoms with E-state index < -0.39 is 18.2 Å². The number of nitrogens with zero attached hydrogens (tertiary/aromatic N) is 4. The number of oxime groups is 2. The highest BCUT2D eigenvalue weighted by atomic mass is 16.6. The average molecular weight is 426 g/mol. The Hall–Kier alpha value is -4.08. The van der Waals surface area contributed by atoms with Gasteiger partial charge in [-0.05, 0) is 0 Å². The molecule has 2 N–H and O–H groups in total. The summed E-state index contributed by atoms with van der Waals surface area (Å²) in [4.78, 5) is 34.5. The van der Waals surface area contributed by atoms with Crippen LogP contribution in [-0.2, 0) is 19.3 Å². The van der Waals surface area contributed by atoms with Crippen molar-refractivity contribution in [2.75, 3.05) is 28.3 Å². The van der Waals surface area contributed by atoms with Gasteiger partial charge in [-0.3, -0.25) is 30.5 Å². The van der Waals surface area contributed by atoms with Crippen LogP contribution in [0, 0.1) is 0 Å². The van der Waals surface area contributed by atoms with Crippen LogP contribution in [0.25, 0.3) is 0 Å². The predicted octanol–water partition coefficient (Wildman–Crippen LogP) is 1.32. The number of carbonyl (C=O) groups is 2. The summed E-state index contributed by atoms with van der Waals surface area (Å²) in [6.45, 7) is 0. The topological polar surface area (TPSA) is 108 Å². The number of amidine groups is 2. The average Bonchev–Trinajstić information content (AvgIpc) is 2.76. The van der Waals surface area contributed by atoms with Gasteiger partial charge in [0.15, 0.2) is 11.7 Å². The molecule has 0 spiro atoms. The van der Waals surface area contributed by atoms with Crippen molar-refractivity contribution in [3.63, 3.8) is 0 Å². The molecule has 0 heterocycles. The molecule has 0 radical (unpaired) electrons. The van der Waals surface area contributed by atoms with E-state index >= 15 is 0 Å². The van der Waals surface area contributed by atoms with E-state index in [2.05, 4.69) is 21.2 Å². The minimum atomic E-state index is -0.530. The number of amides is 2. The molecular weight excluding hydrogens is 400 g/mol. The first kappa shape index (κ1) is 23.2.